The summed E-state index contributed by atoms with van der Waals surface area (Å²) in [5, 5.41) is 0. The van der Waals surface area contributed by atoms with Gasteiger partial charge in [0.05, 0.1) is 12.6 Å². The van der Waals surface area contributed by atoms with Crippen LogP contribution in [-0.2, 0) is 6.54 Å². The molecule has 2 aromatic rings. The van der Waals surface area contributed by atoms with E-state index in [1.165, 1.54) is 19.3 Å². The number of hydrogen-bond acceptors (Lipinski definition) is 4. The summed E-state index contributed by atoms with van der Waals surface area (Å²) in [6.45, 7) is 2.05. The number of H-pyrrole nitrogens is 1. The molecule has 0 spiro atoms. The monoisotopic (exact) mass is 292 g/mol. The molecule has 6 heteroatoms. The highest BCUT2D eigenvalue weighted by atomic mass is 32.1. The number of imidazole rings is 1. The van der Waals surface area contributed by atoms with Gasteiger partial charge >= 0.3 is 0 Å². The van der Waals surface area contributed by atoms with Gasteiger partial charge in [0.1, 0.15) is 0 Å². The van der Waals surface area contributed by atoms with Crippen molar-refractivity contribution in [2.45, 2.75) is 31.8 Å². The van der Waals surface area contributed by atoms with E-state index in [2.05, 4.69) is 26.5 Å². The molecule has 0 amide bonds. The Kier molecular flexibility index (Phi) is 3.76. The van der Waals surface area contributed by atoms with Crippen molar-refractivity contribution in [2.24, 2.45) is 0 Å². The van der Waals surface area contributed by atoms with Gasteiger partial charge in [-0.2, -0.15) is 4.98 Å². The van der Waals surface area contributed by atoms with Crippen molar-refractivity contribution < 1.29 is 4.74 Å². The van der Waals surface area contributed by atoms with Crippen LogP contribution in [0.4, 0.5) is 0 Å². The molecule has 2 aromatic heterocycles. The largest absolute Gasteiger partial charge is 0.481 e. The molecule has 0 aromatic carbocycles. The van der Waals surface area contributed by atoms with Gasteiger partial charge in [-0.25, -0.2) is 0 Å². The molecule has 3 heterocycles. The summed E-state index contributed by atoms with van der Waals surface area (Å²) < 4.78 is 8.05. The number of fused-ring (bicyclic) bond motifs is 1. The first-order chi connectivity index (χ1) is 9.69. The predicted molar refractivity (Wildman–Crippen MR) is 81.7 cm³/mol. The van der Waals surface area contributed by atoms with Crippen LogP contribution in [0, 0.1) is 4.77 Å². The van der Waals surface area contributed by atoms with Gasteiger partial charge in [0, 0.05) is 18.7 Å². The summed E-state index contributed by atoms with van der Waals surface area (Å²) in [7, 11) is 3.82. The highest BCUT2D eigenvalue weighted by molar-refractivity contribution is 7.71. The van der Waals surface area contributed by atoms with Crippen LogP contribution in [-0.4, -0.2) is 46.2 Å². The van der Waals surface area contributed by atoms with Crippen LogP contribution in [0.3, 0.4) is 0 Å². The summed E-state index contributed by atoms with van der Waals surface area (Å²) in [6.07, 6.45) is 3.80. The molecule has 1 atom stereocenters. The lowest BCUT2D eigenvalue weighted by Gasteiger charge is -2.32. The second-order valence-electron chi connectivity index (χ2n) is 5.40. The Bertz CT molecular complexity index is 663. The number of likely N-dealkylation sites (N-methyl/N-ethyl adjacent to an activating group) is 1. The third kappa shape index (κ3) is 2.45. The number of pyridine rings is 1. The maximum atomic E-state index is 5.45. The first kappa shape index (κ1) is 13.6. The number of aromatic amines is 1. The number of hydrogen-bond donors (Lipinski definition) is 1. The van der Waals surface area contributed by atoms with E-state index in [1.54, 1.807) is 7.11 Å². The molecule has 1 fully saturated rings. The fourth-order valence-corrected chi connectivity index (χ4v) is 3.15. The van der Waals surface area contributed by atoms with Gasteiger partial charge < -0.3 is 14.6 Å². The molecule has 0 radical (unpaired) electrons. The number of piperidine rings is 1. The molecule has 1 N–H and O–H groups in total. The van der Waals surface area contributed by atoms with Gasteiger partial charge in [-0.3, -0.25) is 4.57 Å². The topological polar surface area (TPSA) is 46.1 Å². The summed E-state index contributed by atoms with van der Waals surface area (Å²) in [6, 6.07) is 4.35. The number of nitrogens with zero attached hydrogens (tertiary/aromatic N) is 3. The van der Waals surface area contributed by atoms with Gasteiger partial charge in [-0.15, -0.1) is 0 Å². The molecule has 1 unspecified atom stereocenters. The van der Waals surface area contributed by atoms with Crippen molar-refractivity contribution in [3.8, 4) is 5.88 Å². The van der Waals surface area contributed by atoms with Gasteiger partial charge in [0.15, 0.2) is 10.4 Å². The number of nitrogens with one attached hydrogen (secondary N) is 1. The zero-order valence-corrected chi connectivity index (χ0v) is 12.7. The molecule has 0 saturated carbocycles. The number of ether oxygens (including phenoxy) is 1. The molecule has 1 aliphatic heterocycles. The molecule has 0 aliphatic carbocycles. The number of likely N-dealkylation sites (tertiary alicyclic amines) is 1. The normalized spacial score (nSPS) is 20.4. The minimum atomic E-state index is 0.530. The summed E-state index contributed by atoms with van der Waals surface area (Å²) in [4.78, 5) is 10.2. The zero-order chi connectivity index (χ0) is 14.1. The molecule has 1 saturated heterocycles. The van der Waals surface area contributed by atoms with Crippen LogP contribution in [0.15, 0.2) is 12.1 Å². The summed E-state index contributed by atoms with van der Waals surface area (Å²) in [5.74, 6) is 0.622. The van der Waals surface area contributed by atoms with Crippen molar-refractivity contribution >= 4 is 23.4 Å². The number of rotatable bonds is 3. The van der Waals surface area contributed by atoms with Crippen molar-refractivity contribution in [3.63, 3.8) is 0 Å². The Morgan fingerprint density at radius 2 is 2.30 bits per heavy atom. The lowest BCUT2D eigenvalue weighted by molar-refractivity contribution is 0.168. The Hall–Kier alpha value is -1.40. The molecular weight excluding hydrogens is 272 g/mol. The quantitative estimate of drug-likeness (QED) is 0.883. The van der Waals surface area contributed by atoms with E-state index < -0.39 is 0 Å². The SMILES string of the molecule is COc1ccc2[nH]c(=S)n(CC3CCCCN3C)c2n1. The highest BCUT2D eigenvalue weighted by Gasteiger charge is 2.20. The fourth-order valence-electron chi connectivity index (χ4n) is 2.88. The fraction of sp³-hybridized carbons (Fsp3) is 0.571. The van der Waals surface area contributed by atoms with Crippen LogP contribution >= 0.6 is 12.2 Å². The first-order valence-electron chi connectivity index (χ1n) is 7.03. The van der Waals surface area contributed by atoms with Crippen molar-refractivity contribution in [1.29, 1.82) is 0 Å². The summed E-state index contributed by atoms with van der Waals surface area (Å²) in [5.41, 5.74) is 1.85. The van der Waals surface area contributed by atoms with Gasteiger partial charge in [-0.1, -0.05) is 6.42 Å². The standard InChI is InChI=1S/C14H20N4OS/c1-17-8-4-3-5-10(17)9-18-13-11(15-14(18)20)6-7-12(16-13)19-2/h6-7,10H,3-5,8-9H2,1-2H3,(H,15,20). The Labute approximate surface area is 123 Å². The average molecular weight is 292 g/mol. The van der Waals surface area contributed by atoms with E-state index in [0.29, 0.717) is 11.9 Å². The van der Waals surface area contributed by atoms with Gasteiger partial charge in [-0.05, 0) is 44.7 Å². The van der Waals surface area contributed by atoms with Crippen molar-refractivity contribution in [2.75, 3.05) is 20.7 Å². The van der Waals surface area contributed by atoms with E-state index in [-0.39, 0.29) is 0 Å². The van der Waals surface area contributed by atoms with E-state index in [9.17, 15) is 0 Å². The molecule has 3 rings (SSSR count). The third-order valence-corrected chi connectivity index (χ3v) is 4.44. The number of methoxy groups -OCH3 is 1. The molecule has 5 nitrogen and oxygen atoms in total. The maximum absolute atomic E-state index is 5.45. The molecule has 20 heavy (non-hydrogen) atoms. The minimum Gasteiger partial charge on any atom is -0.481 e. The smallest absolute Gasteiger partial charge is 0.215 e. The van der Waals surface area contributed by atoms with E-state index in [0.717, 1.165) is 29.0 Å². The van der Waals surface area contributed by atoms with Gasteiger partial charge in [0.25, 0.3) is 0 Å². The summed E-state index contributed by atoms with van der Waals surface area (Å²) >= 11 is 5.45. The van der Waals surface area contributed by atoms with E-state index in [1.807, 2.05) is 12.1 Å². The second kappa shape index (κ2) is 5.54. The van der Waals surface area contributed by atoms with Crippen LogP contribution < -0.4 is 4.74 Å². The predicted octanol–water partition coefficient (Wildman–Crippen LogP) is 2.59. The van der Waals surface area contributed by atoms with Crippen LogP contribution in [0.1, 0.15) is 19.3 Å². The minimum absolute atomic E-state index is 0.530. The highest BCUT2D eigenvalue weighted by Crippen LogP contribution is 2.21. The lowest BCUT2D eigenvalue weighted by Crippen LogP contribution is -2.39. The van der Waals surface area contributed by atoms with Crippen molar-refractivity contribution in [3.05, 3.63) is 16.9 Å². The van der Waals surface area contributed by atoms with Crippen molar-refractivity contribution in [1.82, 2.24) is 19.4 Å². The van der Waals surface area contributed by atoms with Crippen LogP contribution in [0.2, 0.25) is 0 Å². The Balaban J connectivity index is 1.97. The maximum Gasteiger partial charge on any atom is 0.215 e. The molecule has 1 aliphatic rings. The molecular formula is C14H20N4OS. The third-order valence-electron chi connectivity index (χ3n) is 4.12. The Morgan fingerprint density at radius 3 is 3.05 bits per heavy atom. The van der Waals surface area contributed by atoms with E-state index in [4.69, 9.17) is 17.0 Å². The van der Waals surface area contributed by atoms with Gasteiger partial charge in [0.2, 0.25) is 5.88 Å². The van der Waals surface area contributed by atoms with E-state index >= 15 is 0 Å². The zero-order valence-electron chi connectivity index (χ0n) is 11.9. The lowest BCUT2D eigenvalue weighted by atomic mass is 10.0. The second-order valence-corrected chi connectivity index (χ2v) is 5.78. The average Bonchev–Trinajstić information content (AvgIpc) is 2.77. The first-order valence-corrected chi connectivity index (χ1v) is 7.43. The Morgan fingerprint density at radius 1 is 1.45 bits per heavy atom. The van der Waals surface area contributed by atoms with Crippen LogP contribution in [0.25, 0.3) is 11.2 Å². The number of aromatic nitrogens is 3. The molecule has 108 valence electrons. The van der Waals surface area contributed by atoms with Crippen LogP contribution in [0.5, 0.6) is 5.88 Å². The molecule has 0 bridgehead atoms.